The average Bonchev–Trinajstić information content (AvgIpc) is 3.50. The number of ketones is 1. The number of aliphatic hydroxyl groups excluding tert-OH is 1. The number of aromatic nitrogens is 2. The van der Waals surface area contributed by atoms with Crippen molar-refractivity contribution in [2.75, 3.05) is 18.6 Å². The fraction of sp³-hybridized carbons (Fsp3) is 0.154. The summed E-state index contributed by atoms with van der Waals surface area (Å²) in [6.45, 7) is 2.40. The second kappa shape index (κ2) is 9.19. The van der Waals surface area contributed by atoms with E-state index in [1.807, 2.05) is 31.2 Å². The van der Waals surface area contributed by atoms with E-state index in [0.29, 0.717) is 29.2 Å². The van der Waals surface area contributed by atoms with Gasteiger partial charge in [0.25, 0.3) is 5.78 Å². The van der Waals surface area contributed by atoms with Crippen molar-refractivity contribution in [1.29, 1.82) is 0 Å². The molecule has 1 aromatic heterocycles. The summed E-state index contributed by atoms with van der Waals surface area (Å²) >= 11 is 1.14. The molecule has 176 valence electrons. The molecule has 2 heterocycles. The van der Waals surface area contributed by atoms with E-state index < -0.39 is 17.7 Å². The number of rotatable bonds is 6. The van der Waals surface area contributed by atoms with Crippen molar-refractivity contribution >= 4 is 44.7 Å². The third kappa shape index (κ3) is 4.00. The van der Waals surface area contributed by atoms with Gasteiger partial charge in [-0.1, -0.05) is 41.7 Å². The van der Waals surface area contributed by atoms with E-state index >= 15 is 0 Å². The summed E-state index contributed by atoms with van der Waals surface area (Å²) in [6, 6.07) is 17.1. The Labute approximate surface area is 205 Å². The molecule has 4 aromatic rings. The number of nitrogens with zero attached hydrogens (tertiary/aromatic N) is 3. The maximum absolute atomic E-state index is 13.2. The number of Topliss-reactive ketones (excluding diaryl/α,β-unsaturated/α-hetero) is 1. The van der Waals surface area contributed by atoms with Crippen molar-refractivity contribution in [3.63, 3.8) is 0 Å². The Bertz CT molecular complexity index is 1450. The molecule has 1 aliphatic heterocycles. The van der Waals surface area contributed by atoms with Crippen LogP contribution < -0.4 is 14.4 Å². The summed E-state index contributed by atoms with van der Waals surface area (Å²) < 4.78 is 10.8. The van der Waals surface area contributed by atoms with Gasteiger partial charge < -0.3 is 14.6 Å². The predicted octanol–water partition coefficient (Wildman–Crippen LogP) is 4.72. The number of carbonyl (C=O) groups is 2. The van der Waals surface area contributed by atoms with Gasteiger partial charge in [0.15, 0.2) is 0 Å². The highest BCUT2D eigenvalue weighted by Crippen LogP contribution is 2.43. The second-order valence-corrected chi connectivity index (χ2v) is 8.63. The number of amides is 1. The molecule has 1 aliphatic rings. The van der Waals surface area contributed by atoms with E-state index in [-0.39, 0.29) is 16.5 Å². The number of hydrogen-bond donors (Lipinski definition) is 1. The third-order valence-corrected chi connectivity index (χ3v) is 6.52. The Morgan fingerprint density at radius 2 is 1.74 bits per heavy atom. The highest BCUT2D eigenvalue weighted by Gasteiger charge is 2.48. The molecule has 1 unspecified atom stereocenters. The number of ether oxygens (including phenoxy) is 2. The zero-order valence-corrected chi connectivity index (χ0v) is 19.8. The maximum atomic E-state index is 13.2. The molecule has 0 saturated carbocycles. The highest BCUT2D eigenvalue weighted by molar-refractivity contribution is 7.13. The van der Waals surface area contributed by atoms with Crippen LogP contribution in [-0.4, -0.2) is 40.7 Å². The molecule has 3 aromatic carbocycles. The van der Waals surface area contributed by atoms with E-state index in [0.717, 1.165) is 22.1 Å². The SMILES string of the molecule is CCOc1ccc(C2/C(=C(\O)c3ccc4cc(OC)ccc4c3)C(=O)C(=O)N2c2nncs2)cc1. The first-order valence-corrected chi connectivity index (χ1v) is 11.8. The normalized spacial score (nSPS) is 17.2. The van der Waals surface area contributed by atoms with Crippen molar-refractivity contribution < 1.29 is 24.2 Å². The van der Waals surface area contributed by atoms with Crippen molar-refractivity contribution in [2.45, 2.75) is 13.0 Å². The first kappa shape index (κ1) is 22.5. The third-order valence-electron chi connectivity index (χ3n) is 5.83. The van der Waals surface area contributed by atoms with Crippen LogP contribution in [0.3, 0.4) is 0 Å². The minimum atomic E-state index is -0.870. The zero-order valence-electron chi connectivity index (χ0n) is 19.0. The van der Waals surface area contributed by atoms with Crippen molar-refractivity contribution in [3.05, 3.63) is 82.9 Å². The molecule has 0 radical (unpaired) electrons. The summed E-state index contributed by atoms with van der Waals surface area (Å²) in [7, 11) is 1.60. The summed E-state index contributed by atoms with van der Waals surface area (Å²) in [4.78, 5) is 27.6. The average molecular weight is 488 g/mol. The van der Waals surface area contributed by atoms with Gasteiger partial charge in [-0.2, -0.15) is 0 Å². The number of aliphatic hydroxyl groups is 1. The summed E-state index contributed by atoms with van der Waals surface area (Å²) in [6.07, 6.45) is 0. The van der Waals surface area contributed by atoms with Gasteiger partial charge in [-0.3, -0.25) is 14.5 Å². The van der Waals surface area contributed by atoms with E-state index in [1.165, 1.54) is 10.4 Å². The van der Waals surface area contributed by atoms with Gasteiger partial charge in [0.05, 0.1) is 25.3 Å². The van der Waals surface area contributed by atoms with Gasteiger partial charge in [0.1, 0.15) is 22.8 Å². The largest absolute Gasteiger partial charge is 0.507 e. The fourth-order valence-electron chi connectivity index (χ4n) is 4.18. The Morgan fingerprint density at radius 1 is 1.03 bits per heavy atom. The number of anilines is 1. The van der Waals surface area contributed by atoms with Crippen LogP contribution in [0.15, 0.2) is 71.7 Å². The van der Waals surface area contributed by atoms with E-state index in [1.54, 1.807) is 43.5 Å². The van der Waals surface area contributed by atoms with Crippen LogP contribution >= 0.6 is 11.3 Å². The minimum absolute atomic E-state index is 0.0118. The van der Waals surface area contributed by atoms with E-state index in [2.05, 4.69) is 10.2 Å². The van der Waals surface area contributed by atoms with Crippen LogP contribution in [0, 0.1) is 0 Å². The van der Waals surface area contributed by atoms with Gasteiger partial charge in [0.2, 0.25) is 5.13 Å². The molecule has 8 nitrogen and oxygen atoms in total. The topological polar surface area (TPSA) is 102 Å². The van der Waals surface area contributed by atoms with Crippen molar-refractivity contribution in [1.82, 2.24) is 10.2 Å². The number of benzene rings is 3. The summed E-state index contributed by atoms with van der Waals surface area (Å²) in [5, 5.41) is 21.2. The van der Waals surface area contributed by atoms with Crippen LogP contribution in [0.1, 0.15) is 24.1 Å². The van der Waals surface area contributed by atoms with Crippen LogP contribution in [-0.2, 0) is 9.59 Å². The predicted molar refractivity (Wildman–Crippen MR) is 133 cm³/mol. The minimum Gasteiger partial charge on any atom is -0.507 e. The lowest BCUT2D eigenvalue weighted by molar-refractivity contribution is -0.132. The fourth-order valence-corrected chi connectivity index (χ4v) is 4.77. The van der Waals surface area contributed by atoms with Gasteiger partial charge >= 0.3 is 5.91 Å². The molecule has 0 bridgehead atoms. The maximum Gasteiger partial charge on any atom is 0.301 e. The molecule has 9 heteroatoms. The lowest BCUT2D eigenvalue weighted by Gasteiger charge is -2.22. The summed E-state index contributed by atoms with van der Waals surface area (Å²) in [5.74, 6) is -0.437. The molecule has 1 N–H and O–H groups in total. The van der Waals surface area contributed by atoms with Crippen LogP contribution in [0.5, 0.6) is 11.5 Å². The first-order chi connectivity index (χ1) is 17.0. The molecular weight excluding hydrogens is 466 g/mol. The summed E-state index contributed by atoms with van der Waals surface area (Å²) in [5.41, 5.74) is 2.53. The van der Waals surface area contributed by atoms with Crippen molar-refractivity contribution in [3.8, 4) is 11.5 Å². The Balaban J connectivity index is 1.66. The number of fused-ring (bicyclic) bond motifs is 1. The smallest absolute Gasteiger partial charge is 0.301 e. The van der Waals surface area contributed by atoms with Gasteiger partial charge in [-0.25, -0.2) is 0 Å². The standard InChI is InChI=1S/C26H21N3O5S/c1-3-34-19-9-6-15(7-10-19)22-21(24(31)25(32)29(22)26-28-27-14-35-26)23(30)18-5-4-17-13-20(33-2)11-8-16(17)12-18/h4-14,22,30H,3H2,1-2H3/b23-21+. The number of hydrogen-bond acceptors (Lipinski definition) is 8. The number of carbonyl (C=O) groups excluding carboxylic acids is 2. The lowest BCUT2D eigenvalue weighted by Crippen LogP contribution is -2.29. The molecule has 0 aliphatic carbocycles. The Kier molecular flexibility index (Phi) is 5.92. The lowest BCUT2D eigenvalue weighted by atomic mass is 9.94. The molecule has 1 saturated heterocycles. The molecule has 1 atom stereocenters. The van der Waals surface area contributed by atoms with Gasteiger partial charge in [-0.05, 0) is 53.6 Å². The Hall–Kier alpha value is -4.24. The van der Waals surface area contributed by atoms with Gasteiger partial charge in [-0.15, -0.1) is 10.2 Å². The van der Waals surface area contributed by atoms with Crippen LogP contribution in [0.4, 0.5) is 5.13 Å². The molecule has 1 amide bonds. The quantitative estimate of drug-likeness (QED) is 0.238. The highest BCUT2D eigenvalue weighted by atomic mass is 32.1. The molecular formula is C26H21N3O5S. The zero-order chi connectivity index (χ0) is 24.5. The first-order valence-electron chi connectivity index (χ1n) is 10.9. The monoisotopic (exact) mass is 487 g/mol. The Morgan fingerprint density at radius 3 is 2.43 bits per heavy atom. The van der Waals surface area contributed by atoms with Crippen LogP contribution in [0.25, 0.3) is 16.5 Å². The molecule has 0 spiro atoms. The molecule has 35 heavy (non-hydrogen) atoms. The molecule has 1 fully saturated rings. The second-order valence-electron chi connectivity index (χ2n) is 7.82. The van der Waals surface area contributed by atoms with E-state index in [9.17, 15) is 14.7 Å². The molecule has 5 rings (SSSR count). The van der Waals surface area contributed by atoms with Crippen LogP contribution in [0.2, 0.25) is 0 Å². The number of methoxy groups -OCH3 is 1. The van der Waals surface area contributed by atoms with E-state index in [4.69, 9.17) is 9.47 Å². The van der Waals surface area contributed by atoms with Gasteiger partial charge in [0, 0.05) is 5.56 Å². The van der Waals surface area contributed by atoms with Crippen molar-refractivity contribution in [2.24, 2.45) is 0 Å².